The lowest BCUT2D eigenvalue weighted by atomic mass is 9.80. The van der Waals surface area contributed by atoms with Gasteiger partial charge in [-0.1, -0.05) is 81.5 Å². The van der Waals surface area contributed by atoms with Crippen LogP contribution in [0.15, 0.2) is 59.6 Å². The van der Waals surface area contributed by atoms with Crippen molar-refractivity contribution in [3.05, 3.63) is 70.7 Å². The quantitative estimate of drug-likeness (QED) is 0.0849. The lowest BCUT2D eigenvalue weighted by Gasteiger charge is -2.34. The highest BCUT2D eigenvalue weighted by Gasteiger charge is 2.33. The molecule has 1 aliphatic carbocycles. The van der Waals surface area contributed by atoms with E-state index in [9.17, 15) is 19.2 Å². The molecule has 5 atom stereocenters. The van der Waals surface area contributed by atoms with Gasteiger partial charge in [-0.05, 0) is 61.9 Å². The molecule has 0 saturated heterocycles. The number of halogens is 1. The largest absolute Gasteiger partial charge is 0.370 e. The summed E-state index contributed by atoms with van der Waals surface area (Å²) in [5.74, 6) is -2.01. The van der Waals surface area contributed by atoms with Crippen molar-refractivity contribution in [3.63, 3.8) is 0 Å². The minimum absolute atomic E-state index is 0.0120. The van der Waals surface area contributed by atoms with Crippen LogP contribution < -0.4 is 32.7 Å². The molecule has 0 aliphatic heterocycles. The smallest absolute Gasteiger partial charge is 0.251 e. The third kappa shape index (κ3) is 12.5. The Morgan fingerprint density at radius 3 is 2.36 bits per heavy atom. The molecule has 3 rings (SSSR count). The van der Waals surface area contributed by atoms with E-state index in [2.05, 4.69) is 26.3 Å². The van der Waals surface area contributed by atoms with Crippen LogP contribution in [-0.4, -0.2) is 60.8 Å². The fourth-order valence-corrected chi connectivity index (χ4v) is 6.07. The maximum absolute atomic E-state index is 14.0. The Kier molecular flexibility index (Phi) is 15.5. The summed E-state index contributed by atoms with van der Waals surface area (Å²) < 4.78 is 0. The van der Waals surface area contributed by atoms with Crippen LogP contribution in [0.25, 0.3) is 0 Å². The number of carbonyl (C=O) groups is 4. The van der Waals surface area contributed by atoms with E-state index in [-0.39, 0.29) is 42.1 Å². The number of nitrogens with two attached hydrogens (primary N) is 2. The van der Waals surface area contributed by atoms with Crippen molar-refractivity contribution in [1.82, 2.24) is 21.3 Å². The van der Waals surface area contributed by atoms with Gasteiger partial charge in [-0.2, -0.15) is 0 Å². The van der Waals surface area contributed by atoms with Gasteiger partial charge in [-0.25, -0.2) is 0 Å². The molecular weight excluding hydrogens is 618 g/mol. The van der Waals surface area contributed by atoms with Crippen molar-refractivity contribution < 1.29 is 19.2 Å². The number of benzene rings is 2. The number of rotatable bonds is 17. The molecule has 0 bridgehead atoms. The molecule has 2 unspecified atom stereocenters. The molecule has 1 saturated carbocycles. The second-order valence-corrected chi connectivity index (χ2v) is 12.7. The summed E-state index contributed by atoms with van der Waals surface area (Å²) >= 11 is 6.30. The number of guanidine groups is 1. The first-order valence-corrected chi connectivity index (χ1v) is 17.0. The average Bonchev–Trinajstić information content (AvgIpc) is 3.06. The lowest BCUT2D eigenvalue weighted by molar-refractivity contribution is -0.132. The van der Waals surface area contributed by atoms with E-state index in [0.29, 0.717) is 42.9 Å². The average molecular weight is 668 g/mol. The van der Waals surface area contributed by atoms with E-state index < -0.39 is 23.9 Å². The molecule has 0 radical (unpaired) electrons. The maximum Gasteiger partial charge on any atom is 0.251 e. The van der Waals surface area contributed by atoms with Crippen LogP contribution in [0.1, 0.15) is 93.5 Å². The van der Waals surface area contributed by atoms with Crippen LogP contribution >= 0.6 is 11.6 Å². The molecule has 11 nitrogen and oxygen atoms in total. The fourth-order valence-electron chi connectivity index (χ4n) is 5.87. The molecule has 8 N–H and O–H groups in total. The Bertz CT molecular complexity index is 1350. The number of nitrogens with zero attached hydrogens (tertiary/aromatic N) is 1. The predicted octanol–water partition coefficient (Wildman–Crippen LogP) is 3.76. The highest BCUT2D eigenvalue weighted by Crippen LogP contribution is 2.34. The SMILES string of the molecule is CCCCC(NC(=O)c1ccccc1)C(=O)N[C@@H](C[C@@H](C)C(=O)NCCCN=C(N)N)C(=O)NC1CCCC[C@H]1c1cccc(Cl)c1. The number of hydrogen-bond acceptors (Lipinski definition) is 5. The van der Waals surface area contributed by atoms with Gasteiger partial charge in [0.1, 0.15) is 12.1 Å². The molecule has 1 fully saturated rings. The highest BCUT2D eigenvalue weighted by molar-refractivity contribution is 6.30. The van der Waals surface area contributed by atoms with Gasteiger partial charge in [-0.15, -0.1) is 0 Å². The molecule has 256 valence electrons. The first-order valence-electron chi connectivity index (χ1n) is 16.6. The molecule has 12 heteroatoms. The van der Waals surface area contributed by atoms with Crippen molar-refractivity contribution in [1.29, 1.82) is 0 Å². The van der Waals surface area contributed by atoms with E-state index >= 15 is 0 Å². The standard InChI is InChI=1S/C35H50ClN7O4/c1-3-4-17-29(42-32(45)24-12-6-5-7-13-24)33(46)43-30(21-23(2)31(44)39-19-11-20-40-35(37)38)34(47)41-28-18-9-8-16-27(28)25-14-10-15-26(36)22-25/h5-7,10,12-15,22-23,27-30H,3-4,8-9,11,16-21H2,1-2H3,(H,39,44)(H,41,47)(H,42,45)(H,43,46)(H4,37,38,40)/t23-,27+,28?,29?,30+/m1/s1. The van der Waals surface area contributed by atoms with Gasteiger partial charge in [-0.3, -0.25) is 24.2 Å². The zero-order chi connectivity index (χ0) is 34.2. The minimum atomic E-state index is -1.01. The summed E-state index contributed by atoms with van der Waals surface area (Å²) in [5, 5.41) is 12.4. The monoisotopic (exact) mass is 667 g/mol. The summed E-state index contributed by atoms with van der Waals surface area (Å²) in [6.45, 7) is 4.46. The van der Waals surface area contributed by atoms with Crippen LogP contribution in [0.2, 0.25) is 5.02 Å². The van der Waals surface area contributed by atoms with Crippen LogP contribution in [-0.2, 0) is 14.4 Å². The van der Waals surface area contributed by atoms with E-state index in [1.807, 2.05) is 37.3 Å². The van der Waals surface area contributed by atoms with Crippen molar-refractivity contribution in [2.45, 2.75) is 95.7 Å². The highest BCUT2D eigenvalue weighted by atomic mass is 35.5. The molecule has 47 heavy (non-hydrogen) atoms. The van der Waals surface area contributed by atoms with Crippen molar-refractivity contribution in [3.8, 4) is 0 Å². The Morgan fingerprint density at radius 1 is 0.915 bits per heavy atom. The Labute approximate surface area is 283 Å². The van der Waals surface area contributed by atoms with E-state index in [1.54, 1.807) is 31.2 Å². The molecule has 0 spiro atoms. The fraction of sp³-hybridized carbons (Fsp3) is 0.514. The summed E-state index contributed by atoms with van der Waals surface area (Å²) in [5.41, 5.74) is 12.2. The lowest BCUT2D eigenvalue weighted by Crippen LogP contribution is -2.56. The van der Waals surface area contributed by atoms with Gasteiger partial charge in [0.25, 0.3) is 5.91 Å². The van der Waals surface area contributed by atoms with E-state index in [4.69, 9.17) is 23.1 Å². The van der Waals surface area contributed by atoms with Gasteiger partial charge in [0.15, 0.2) is 5.96 Å². The number of hydrogen-bond donors (Lipinski definition) is 6. The van der Waals surface area contributed by atoms with Gasteiger partial charge in [0, 0.05) is 41.6 Å². The van der Waals surface area contributed by atoms with E-state index in [0.717, 1.165) is 37.7 Å². The maximum atomic E-state index is 14.0. The van der Waals surface area contributed by atoms with Crippen LogP contribution in [0, 0.1) is 5.92 Å². The summed E-state index contributed by atoms with van der Waals surface area (Å²) in [4.78, 5) is 57.7. The third-order valence-corrected chi connectivity index (χ3v) is 8.71. The molecule has 2 aromatic rings. The zero-order valence-corrected chi connectivity index (χ0v) is 28.2. The van der Waals surface area contributed by atoms with Gasteiger partial charge in [0.2, 0.25) is 17.7 Å². The van der Waals surface area contributed by atoms with Crippen molar-refractivity contribution >= 4 is 41.2 Å². The molecule has 4 amide bonds. The number of unbranched alkanes of at least 4 members (excludes halogenated alkanes) is 1. The van der Waals surface area contributed by atoms with Crippen molar-refractivity contribution in [2.75, 3.05) is 13.1 Å². The molecule has 1 aliphatic rings. The predicted molar refractivity (Wildman–Crippen MR) is 186 cm³/mol. The molecule has 0 heterocycles. The van der Waals surface area contributed by atoms with Crippen LogP contribution in [0.4, 0.5) is 0 Å². The summed E-state index contributed by atoms with van der Waals surface area (Å²) in [6, 6.07) is 14.3. The number of nitrogens with one attached hydrogen (secondary N) is 4. The number of carbonyl (C=O) groups excluding carboxylic acids is 4. The Morgan fingerprint density at radius 2 is 1.66 bits per heavy atom. The first kappa shape index (κ1) is 37.3. The second-order valence-electron chi connectivity index (χ2n) is 12.2. The Balaban J connectivity index is 1.77. The number of aliphatic imine (C=N–C) groups is 1. The Hall–Kier alpha value is -4.12. The van der Waals surface area contributed by atoms with Crippen LogP contribution in [0.5, 0.6) is 0 Å². The first-order chi connectivity index (χ1) is 22.6. The van der Waals surface area contributed by atoms with Gasteiger partial charge < -0.3 is 32.7 Å². The van der Waals surface area contributed by atoms with Crippen molar-refractivity contribution in [2.24, 2.45) is 22.4 Å². The van der Waals surface area contributed by atoms with Gasteiger partial charge >= 0.3 is 0 Å². The normalized spacial score (nSPS) is 17.8. The van der Waals surface area contributed by atoms with E-state index in [1.165, 1.54) is 0 Å². The minimum Gasteiger partial charge on any atom is -0.370 e. The number of amides is 4. The van der Waals surface area contributed by atoms with Crippen LogP contribution in [0.3, 0.4) is 0 Å². The molecule has 0 aromatic heterocycles. The molecular formula is C35H50ClN7O4. The third-order valence-electron chi connectivity index (χ3n) is 8.47. The van der Waals surface area contributed by atoms with Gasteiger partial charge in [0.05, 0.1) is 0 Å². The topological polar surface area (TPSA) is 181 Å². The zero-order valence-electron chi connectivity index (χ0n) is 27.5. The second kappa shape index (κ2) is 19.5. The summed E-state index contributed by atoms with van der Waals surface area (Å²) in [6.07, 6.45) is 6.21. The summed E-state index contributed by atoms with van der Waals surface area (Å²) in [7, 11) is 0. The molecule has 2 aromatic carbocycles.